The number of aromatic nitrogens is 3. The summed E-state index contributed by atoms with van der Waals surface area (Å²) < 4.78 is 60.6. The van der Waals surface area contributed by atoms with Gasteiger partial charge in [0, 0.05) is 25.1 Å². The van der Waals surface area contributed by atoms with Gasteiger partial charge >= 0.3 is 0 Å². The molecule has 2 aromatic rings. The molecule has 0 aromatic carbocycles. The minimum atomic E-state index is -3.67. The van der Waals surface area contributed by atoms with Crippen LogP contribution in [0.5, 0.6) is 5.88 Å². The van der Waals surface area contributed by atoms with Crippen molar-refractivity contribution in [1.29, 1.82) is 0 Å². The third kappa shape index (κ3) is 3.20. The second kappa shape index (κ2) is 6.23. The highest BCUT2D eigenvalue weighted by atomic mass is 32.2. The topological polar surface area (TPSA) is 86.1 Å². The average Bonchev–Trinajstić information content (AvgIpc) is 3.06. The highest BCUT2D eigenvalue weighted by Crippen LogP contribution is 2.65. The molecule has 2 aromatic heterocycles. The van der Waals surface area contributed by atoms with Crippen molar-refractivity contribution in [3.8, 4) is 17.1 Å². The number of sulfonamides is 1. The summed E-state index contributed by atoms with van der Waals surface area (Å²) in [4.78, 5) is 8.40. The molecule has 0 spiro atoms. The zero-order valence-corrected chi connectivity index (χ0v) is 15.7. The summed E-state index contributed by atoms with van der Waals surface area (Å²) in [5.41, 5.74) is 0.967. The molecular formula is C17H20F2N4O3S. The second-order valence-electron chi connectivity index (χ2n) is 7.19. The number of rotatable bonds is 6. The number of alkyl halides is 2. The highest BCUT2D eigenvalue weighted by Gasteiger charge is 2.71. The van der Waals surface area contributed by atoms with E-state index in [1.165, 1.54) is 19.3 Å². The molecule has 1 unspecified atom stereocenters. The van der Waals surface area contributed by atoms with Crippen LogP contribution in [-0.4, -0.2) is 42.5 Å². The smallest absolute Gasteiger partial charge is 0.254 e. The highest BCUT2D eigenvalue weighted by molar-refractivity contribution is 7.89. The second-order valence-corrected chi connectivity index (χ2v) is 9.08. The summed E-state index contributed by atoms with van der Waals surface area (Å²) in [5, 5.41) is 0. The zero-order valence-electron chi connectivity index (χ0n) is 14.9. The van der Waals surface area contributed by atoms with E-state index in [1.54, 1.807) is 24.1 Å². The van der Waals surface area contributed by atoms with E-state index in [4.69, 9.17) is 4.74 Å². The Hall–Kier alpha value is -2.07. The molecule has 2 heterocycles. The molecule has 146 valence electrons. The van der Waals surface area contributed by atoms with Crippen LogP contribution in [0.1, 0.15) is 12.8 Å². The Balaban J connectivity index is 1.56. The molecule has 0 bridgehead atoms. The lowest BCUT2D eigenvalue weighted by Gasteiger charge is -2.16. The summed E-state index contributed by atoms with van der Waals surface area (Å²) in [6.45, 7) is 0.272. The van der Waals surface area contributed by atoms with Crippen LogP contribution in [0.3, 0.4) is 0 Å². The fourth-order valence-corrected chi connectivity index (χ4v) is 4.50. The number of aryl methyl sites for hydroxylation is 1. The third-order valence-electron chi connectivity index (χ3n) is 5.38. The lowest BCUT2D eigenvalue weighted by molar-refractivity contribution is 0.0578. The van der Waals surface area contributed by atoms with E-state index in [0.29, 0.717) is 24.1 Å². The Morgan fingerprint density at radius 2 is 2.04 bits per heavy atom. The van der Waals surface area contributed by atoms with Gasteiger partial charge < -0.3 is 9.30 Å². The van der Waals surface area contributed by atoms with E-state index in [2.05, 4.69) is 14.7 Å². The third-order valence-corrected chi connectivity index (χ3v) is 6.76. The maximum Gasteiger partial charge on any atom is 0.254 e. The number of hydrogen-bond acceptors (Lipinski definition) is 5. The van der Waals surface area contributed by atoms with Gasteiger partial charge in [-0.3, -0.25) is 0 Å². The first-order chi connectivity index (χ1) is 12.7. The molecule has 2 fully saturated rings. The van der Waals surface area contributed by atoms with E-state index in [-0.39, 0.29) is 23.3 Å². The van der Waals surface area contributed by atoms with Gasteiger partial charge in [0.25, 0.3) is 5.92 Å². The van der Waals surface area contributed by atoms with Crippen LogP contribution in [-0.2, 0) is 17.1 Å². The molecule has 10 heteroatoms. The Labute approximate surface area is 155 Å². The summed E-state index contributed by atoms with van der Waals surface area (Å²) in [7, 11) is -0.554. The molecule has 2 aliphatic carbocycles. The summed E-state index contributed by atoms with van der Waals surface area (Å²) in [6, 6.07) is 1.46. The molecule has 0 radical (unpaired) electrons. The van der Waals surface area contributed by atoms with E-state index >= 15 is 0 Å². The quantitative estimate of drug-likeness (QED) is 0.805. The molecule has 1 N–H and O–H groups in total. The normalized spacial score (nSPS) is 26.0. The van der Waals surface area contributed by atoms with Gasteiger partial charge in [-0.15, -0.1) is 0 Å². The maximum atomic E-state index is 13.3. The number of ether oxygens (including phenoxy) is 1. The lowest BCUT2D eigenvalue weighted by Crippen LogP contribution is -2.19. The van der Waals surface area contributed by atoms with Crippen molar-refractivity contribution in [2.24, 2.45) is 24.8 Å². The molecule has 27 heavy (non-hydrogen) atoms. The Kier molecular flexibility index (Phi) is 4.22. The van der Waals surface area contributed by atoms with Crippen molar-refractivity contribution in [3.63, 3.8) is 0 Å². The van der Waals surface area contributed by atoms with Crippen LogP contribution < -0.4 is 9.46 Å². The zero-order chi connectivity index (χ0) is 19.4. The Morgan fingerprint density at radius 3 is 2.63 bits per heavy atom. The van der Waals surface area contributed by atoms with Crippen LogP contribution in [0.15, 0.2) is 29.7 Å². The summed E-state index contributed by atoms with van der Waals surface area (Å²) in [6.07, 6.45) is 5.43. The lowest BCUT2D eigenvalue weighted by atomic mass is 10.0. The first kappa shape index (κ1) is 18.3. The van der Waals surface area contributed by atoms with Gasteiger partial charge in [0.1, 0.15) is 4.90 Å². The van der Waals surface area contributed by atoms with Crippen LogP contribution in [0.4, 0.5) is 8.78 Å². The monoisotopic (exact) mass is 398 g/mol. The average molecular weight is 398 g/mol. The number of pyridine rings is 1. The standard InChI is InChI=1S/C17H20F2N4O3S/c1-20-27(24,25)11-5-12(15-7-23(2)9-22-15)16(21-6-11)26-8-10-3-13-14(4-10)17(13,18)19/h5-7,9-10,13-14,20H,3-4,8H2,1-2H3/t10?,13-,14+. The van der Waals surface area contributed by atoms with Crippen LogP contribution >= 0.6 is 0 Å². The fraction of sp³-hybridized carbons (Fsp3) is 0.529. The number of halogens is 2. The van der Waals surface area contributed by atoms with Gasteiger partial charge in [-0.05, 0) is 31.9 Å². The molecule has 0 aliphatic heterocycles. The van der Waals surface area contributed by atoms with Gasteiger partial charge in [-0.25, -0.2) is 31.9 Å². The van der Waals surface area contributed by atoms with E-state index in [9.17, 15) is 17.2 Å². The predicted molar refractivity (Wildman–Crippen MR) is 92.8 cm³/mol. The molecule has 3 atom stereocenters. The Bertz CT molecular complexity index is 962. The first-order valence-electron chi connectivity index (χ1n) is 8.65. The van der Waals surface area contributed by atoms with Crippen molar-refractivity contribution in [3.05, 3.63) is 24.8 Å². The van der Waals surface area contributed by atoms with Crippen molar-refractivity contribution >= 4 is 10.0 Å². The van der Waals surface area contributed by atoms with Crippen molar-refractivity contribution in [2.45, 2.75) is 23.7 Å². The van der Waals surface area contributed by atoms with Gasteiger partial charge in [0.15, 0.2) is 0 Å². The van der Waals surface area contributed by atoms with E-state index < -0.39 is 27.8 Å². The molecule has 4 rings (SSSR count). The molecule has 7 nitrogen and oxygen atoms in total. The minimum absolute atomic E-state index is 0.000226. The number of hydrogen-bond donors (Lipinski definition) is 1. The van der Waals surface area contributed by atoms with Crippen LogP contribution in [0.2, 0.25) is 0 Å². The molecule has 0 amide bonds. The van der Waals surface area contributed by atoms with Crippen LogP contribution in [0.25, 0.3) is 11.3 Å². The number of fused-ring (bicyclic) bond motifs is 1. The molecule has 0 saturated heterocycles. The van der Waals surface area contributed by atoms with Crippen molar-refractivity contribution in [1.82, 2.24) is 19.3 Å². The van der Waals surface area contributed by atoms with Crippen molar-refractivity contribution < 1.29 is 21.9 Å². The Morgan fingerprint density at radius 1 is 1.33 bits per heavy atom. The minimum Gasteiger partial charge on any atom is -0.477 e. The number of nitrogens with one attached hydrogen (secondary N) is 1. The van der Waals surface area contributed by atoms with Gasteiger partial charge in [0.05, 0.1) is 30.4 Å². The van der Waals surface area contributed by atoms with E-state index in [0.717, 1.165) is 0 Å². The maximum absolute atomic E-state index is 13.3. The van der Waals surface area contributed by atoms with Gasteiger partial charge in [-0.2, -0.15) is 0 Å². The SMILES string of the molecule is CNS(=O)(=O)c1cnc(OCC2C[C@@H]3[C@H](C2)C3(F)F)c(-c2cn(C)cn2)c1. The van der Waals surface area contributed by atoms with Gasteiger partial charge in [-0.1, -0.05) is 0 Å². The van der Waals surface area contributed by atoms with Crippen molar-refractivity contribution in [2.75, 3.05) is 13.7 Å². The fourth-order valence-electron chi connectivity index (χ4n) is 3.80. The van der Waals surface area contributed by atoms with Crippen LogP contribution in [0, 0.1) is 17.8 Å². The summed E-state index contributed by atoms with van der Waals surface area (Å²) in [5.74, 6) is -3.23. The molecular weight excluding hydrogens is 378 g/mol. The first-order valence-corrected chi connectivity index (χ1v) is 10.1. The van der Waals surface area contributed by atoms with Gasteiger partial charge in [0.2, 0.25) is 15.9 Å². The predicted octanol–water partition coefficient (Wildman–Crippen LogP) is 2.06. The number of nitrogens with zero attached hydrogens (tertiary/aromatic N) is 3. The summed E-state index contributed by atoms with van der Waals surface area (Å²) >= 11 is 0. The largest absolute Gasteiger partial charge is 0.477 e. The van der Waals surface area contributed by atoms with E-state index in [1.807, 2.05) is 0 Å². The molecule has 2 aliphatic rings. The molecule has 2 saturated carbocycles. The number of imidazole rings is 1.